The lowest BCUT2D eigenvalue weighted by Gasteiger charge is -2.34. The van der Waals surface area contributed by atoms with Crippen LogP contribution < -0.4 is 16.0 Å². The molecule has 0 bridgehead atoms. The molecule has 3 aliphatic heterocycles. The largest absolute Gasteiger partial charge is 0.322 e. The summed E-state index contributed by atoms with van der Waals surface area (Å²) in [5.41, 5.74) is 3.37. The van der Waals surface area contributed by atoms with Gasteiger partial charge in [0.2, 0.25) is 11.8 Å². The maximum atomic E-state index is 12.8. The highest BCUT2D eigenvalue weighted by atomic mass is 16.2. The smallest absolute Gasteiger partial charge is 0.255 e. The molecule has 1 aliphatic carbocycles. The molecule has 1 saturated carbocycles. The molecule has 3 amide bonds. The Morgan fingerprint density at radius 3 is 2.73 bits per heavy atom. The third-order valence-electron chi connectivity index (χ3n) is 7.55. The molecule has 5 rings (SSSR count). The Labute approximate surface area is 177 Å². The molecule has 0 radical (unpaired) electrons. The van der Waals surface area contributed by atoms with E-state index in [4.69, 9.17) is 0 Å². The summed E-state index contributed by atoms with van der Waals surface area (Å²) in [7, 11) is 0. The molecule has 160 valence electrons. The van der Waals surface area contributed by atoms with Crippen molar-refractivity contribution in [1.29, 1.82) is 0 Å². The van der Waals surface area contributed by atoms with E-state index in [0.717, 1.165) is 25.2 Å². The maximum absolute atomic E-state index is 12.8. The Bertz CT molecular complexity index is 877. The fourth-order valence-electron chi connectivity index (χ4n) is 5.79. The third-order valence-corrected chi connectivity index (χ3v) is 7.55. The van der Waals surface area contributed by atoms with Crippen LogP contribution in [-0.2, 0) is 22.7 Å². The van der Waals surface area contributed by atoms with E-state index < -0.39 is 6.04 Å². The van der Waals surface area contributed by atoms with Crippen molar-refractivity contribution < 1.29 is 14.4 Å². The molecular weight excluding hydrogens is 380 g/mol. The van der Waals surface area contributed by atoms with Gasteiger partial charge in [-0.3, -0.25) is 19.7 Å². The summed E-state index contributed by atoms with van der Waals surface area (Å²) >= 11 is 0. The molecule has 3 N–H and O–H groups in total. The minimum absolute atomic E-state index is 0.109. The second kappa shape index (κ2) is 7.78. The number of hydrogen-bond donors (Lipinski definition) is 3. The number of amides is 3. The normalized spacial score (nSPS) is 28.1. The maximum Gasteiger partial charge on any atom is 0.255 e. The average Bonchev–Trinajstić information content (AvgIpc) is 3.28. The van der Waals surface area contributed by atoms with Crippen molar-refractivity contribution in [2.75, 3.05) is 13.1 Å². The summed E-state index contributed by atoms with van der Waals surface area (Å²) in [6, 6.07) is 6.03. The van der Waals surface area contributed by atoms with Gasteiger partial charge in [-0.25, -0.2) is 0 Å². The molecule has 4 aliphatic rings. The number of carbonyl (C=O) groups excluding carboxylic acids is 3. The minimum atomic E-state index is -0.552. The summed E-state index contributed by atoms with van der Waals surface area (Å²) in [6.45, 7) is 3.54. The zero-order chi connectivity index (χ0) is 20.7. The number of fused-ring (bicyclic) bond motifs is 1. The number of piperidine rings is 2. The van der Waals surface area contributed by atoms with Crippen LogP contribution in [0.25, 0.3) is 0 Å². The van der Waals surface area contributed by atoms with Crippen molar-refractivity contribution >= 4 is 17.7 Å². The van der Waals surface area contributed by atoms with Gasteiger partial charge in [0.25, 0.3) is 5.91 Å². The van der Waals surface area contributed by atoms with Crippen LogP contribution in [0.3, 0.4) is 0 Å². The van der Waals surface area contributed by atoms with Gasteiger partial charge in [0.15, 0.2) is 0 Å². The lowest BCUT2D eigenvalue weighted by molar-refractivity contribution is -0.136. The van der Waals surface area contributed by atoms with E-state index in [1.807, 2.05) is 12.1 Å². The number of hydrogen-bond acceptors (Lipinski definition) is 5. The number of benzene rings is 1. The third kappa shape index (κ3) is 3.65. The minimum Gasteiger partial charge on any atom is -0.322 e. The molecule has 30 heavy (non-hydrogen) atoms. The molecule has 2 atom stereocenters. The first-order valence-corrected chi connectivity index (χ1v) is 11.2. The first-order chi connectivity index (χ1) is 14.5. The van der Waals surface area contributed by atoms with Gasteiger partial charge in [0.1, 0.15) is 6.04 Å². The molecule has 7 heteroatoms. The zero-order valence-corrected chi connectivity index (χ0v) is 17.3. The molecule has 1 aromatic rings. The van der Waals surface area contributed by atoms with Crippen molar-refractivity contribution in [2.24, 2.45) is 5.41 Å². The SMILES string of the molecule is O=C1CCC(N2Cc3cc(CNC4CCC5(CCNCC5)C4)ccc3C2=O)C(=O)N1. The van der Waals surface area contributed by atoms with Crippen LogP contribution in [0.1, 0.15) is 66.4 Å². The van der Waals surface area contributed by atoms with Gasteiger partial charge in [-0.1, -0.05) is 12.1 Å². The fraction of sp³-hybridized carbons (Fsp3) is 0.609. The van der Waals surface area contributed by atoms with Crippen molar-refractivity contribution in [3.63, 3.8) is 0 Å². The van der Waals surface area contributed by atoms with E-state index >= 15 is 0 Å². The molecule has 3 heterocycles. The van der Waals surface area contributed by atoms with Crippen LogP contribution in [0.4, 0.5) is 0 Å². The highest BCUT2D eigenvalue weighted by Crippen LogP contribution is 2.45. The van der Waals surface area contributed by atoms with Gasteiger partial charge >= 0.3 is 0 Å². The first-order valence-electron chi connectivity index (χ1n) is 11.2. The van der Waals surface area contributed by atoms with Crippen LogP contribution in [0, 0.1) is 5.41 Å². The number of carbonyl (C=O) groups is 3. The van der Waals surface area contributed by atoms with E-state index in [1.165, 1.54) is 37.7 Å². The molecule has 1 spiro atoms. The van der Waals surface area contributed by atoms with Crippen molar-refractivity contribution in [1.82, 2.24) is 20.9 Å². The van der Waals surface area contributed by atoms with Gasteiger partial charge < -0.3 is 15.5 Å². The molecule has 7 nitrogen and oxygen atoms in total. The second-order valence-corrected chi connectivity index (χ2v) is 9.46. The molecule has 1 aromatic carbocycles. The second-order valence-electron chi connectivity index (χ2n) is 9.46. The lowest BCUT2D eigenvalue weighted by atomic mass is 9.77. The van der Waals surface area contributed by atoms with Crippen LogP contribution in [0.2, 0.25) is 0 Å². The van der Waals surface area contributed by atoms with Gasteiger partial charge in [-0.05, 0) is 74.2 Å². The molecule has 3 fully saturated rings. The Morgan fingerprint density at radius 1 is 1.10 bits per heavy atom. The highest BCUT2D eigenvalue weighted by Gasteiger charge is 2.40. The van der Waals surface area contributed by atoms with Gasteiger partial charge in [0.05, 0.1) is 0 Å². The molecular formula is C23H30N4O3. The van der Waals surface area contributed by atoms with E-state index in [0.29, 0.717) is 30.0 Å². The summed E-state index contributed by atoms with van der Waals surface area (Å²) in [5.74, 6) is -0.725. The Balaban J connectivity index is 1.21. The highest BCUT2D eigenvalue weighted by molar-refractivity contribution is 6.05. The van der Waals surface area contributed by atoms with Crippen LogP contribution in [0.5, 0.6) is 0 Å². The Kier molecular flexibility index (Phi) is 5.11. The van der Waals surface area contributed by atoms with Crippen molar-refractivity contribution in [3.05, 3.63) is 34.9 Å². The number of nitrogens with one attached hydrogen (secondary N) is 3. The summed E-state index contributed by atoms with van der Waals surface area (Å²) in [4.78, 5) is 38.0. The predicted molar refractivity (Wildman–Crippen MR) is 112 cm³/mol. The summed E-state index contributed by atoms with van der Waals surface area (Å²) in [5, 5.41) is 9.57. The van der Waals surface area contributed by atoms with Gasteiger partial charge in [0, 0.05) is 31.1 Å². The lowest BCUT2D eigenvalue weighted by Crippen LogP contribution is -2.52. The van der Waals surface area contributed by atoms with Crippen molar-refractivity contribution in [3.8, 4) is 0 Å². The molecule has 2 unspecified atom stereocenters. The average molecular weight is 411 g/mol. The quantitative estimate of drug-likeness (QED) is 0.654. The van der Waals surface area contributed by atoms with Crippen molar-refractivity contribution in [2.45, 2.75) is 70.1 Å². The Morgan fingerprint density at radius 2 is 1.93 bits per heavy atom. The molecule has 0 aromatic heterocycles. The predicted octanol–water partition coefficient (Wildman–Crippen LogP) is 1.46. The van der Waals surface area contributed by atoms with E-state index in [9.17, 15) is 14.4 Å². The number of rotatable bonds is 4. The van der Waals surface area contributed by atoms with Crippen LogP contribution in [0.15, 0.2) is 18.2 Å². The monoisotopic (exact) mass is 410 g/mol. The van der Waals surface area contributed by atoms with Crippen LogP contribution in [-0.4, -0.2) is 47.8 Å². The topological polar surface area (TPSA) is 90.5 Å². The molecule has 2 saturated heterocycles. The van der Waals surface area contributed by atoms with Gasteiger partial charge in [-0.2, -0.15) is 0 Å². The standard InChI is InChI=1S/C23H30N4O3/c28-20-4-3-19(21(29)26-20)27-14-16-11-15(1-2-18(16)22(27)30)13-25-17-5-6-23(12-17)7-9-24-10-8-23/h1-2,11,17,19,24-25H,3-10,12-14H2,(H,26,28,29). The summed E-state index contributed by atoms with van der Waals surface area (Å²) in [6.07, 6.45) is 7.10. The van der Waals surface area contributed by atoms with Gasteiger partial charge in [-0.15, -0.1) is 0 Å². The summed E-state index contributed by atoms with van der Waals surface area (Å²) < 4.78 is 0. The fourth-order valence-corrected chi connectivity index (χ4v) is 5.79. The van der Waals surface area contributed by atoms with E-state index in [-0.39, 0.29) is 24.1 Å². The Hall–Kier alpha value is -2.25. The number of imide groups is 1. The zero-order valence-electron chi connectivity index (χ0n) is 17.3. The van der Waals surface area contributed by atoms with E-state index in [2.05, 4.69) is 22.0 Å². The van der Waals surface area contributed by atoms with E-state index in [1.54, 1.807) is 4.90 Å². The van der Waals surface area contributed by atoms with Crippen LogP contribution >= 0.6 is 0 Å². The first kappa shape index (κ1) is 19.7. The number of nitrogens with zero attached hydrogens (tertiary/aromatic N) is 1.